The fraction of sp³-hybridized carbons (Fsp3) is 0.714. The van der Waals surface area contributed by atoms with E-state index in [2.05, 4.69) is 0 Å². The van der Waals surface area contributed by atoms with Crippen LogP contribution < -0.4 is 0 Å². The van der Waals surface area contributed by atoms with Crippen molar-refractivity contribution >= 4 is 11.8 Å². The van der Waals surface area contributed by atoms with Gasteiger partial charge >= 0.3 is 0 Å². The fourth-order valence-corrected chi connectivity index (χ4v) is 1.08. The number of alkyl halides is 1. The van der Waals surface area contributed by atoms with Crippen LogP contribution in [0.5, 0.6) is 0 Å². The van der Waals surface area contributed by atoms with Crippen molar-refractivity contribution in [3.63, 3.8) is 0 Å². The maximum absolute atomic E-state index is 12.4. The zero-order valence-corrected chi connectivity index (χ0v) is 6.34. The van der Waals surface area contributed by atoms with Crippen LogP contribution in [0, 0.1) is 0 Å². The molecule has 0 aromatic heterocycles. The Labute approximate surface area is 64.2 Å². The quantitative estimate of drug-likeness (QED) is 0.550. The average Bonchev–Trinajstić information content (AvgIpc) is 2.18. The summed E-state index contributed by atoms with van der Waals surface area (Å²) in [6.07, 6.45) is -0.641. The molecule has 0 aromatic rings. The van der Waals surface area contributed by atoms with Gasteiger partial charge in [-0.15, -0.1) is 0 Å². The number of carbonyl (C=O) groups excluding carboxylic acids is 2. The highest BCUT2D eigenvalue weighted by Gasteiger charge is 2.29. The molecule has 62 valence electrons. The molecule has 1 fully saturated rings. The molecule has 4 heteroatoms. The molecule has 0 radical (unpaired) electrons. The number of rotatable bonds is 2. The number of imide groups is 1. The van der Waals surface area contributed by atoms with E-state index in [-0.39, 0.29) is 31.2 Å². The van der Waals surface area contributed by atoms with Crippen molar-refractivity contribution in [1.82, 2.24) is 4.90 Å². The molecule has 0 aromatic carbocycles. The van der Waals surface area contributed by atoms with Crippen molar-refractivity contribution in [3.05, 3.63) is 0 Å². The van der Waals surface area contributed by atoms with Crippen LogP contribution in [-0.2, 0) is 9.59 Å². The summed E-state index contributed by atoms with van der Waals surface area (Å²) in [5.41, 5.74) is 0. The molecule has 1 atom stereocenters. The van der Waals surface area contributed by atoms with Crippen LogP contribution in [0.2, 0.25) is 0 Å². The Hall–Kier alpha value is -0.930. The maximum Gasteiger partial charge on any atom is 0.229 e. The van der Waals surface area contributed by atoms with E-state index in [9.17, 15) is 14.0 Å². The summed E-state index contributed by atoms with van der Waals surface area (Å²) in [7, 11) is 0. The summed E-state index contributed by atoms with van der Waals surface area (Å²) in [4.78, 5) is 22.7. The van der Waals surface area contributed by atoms with Gasteiger partial charge in [0.2, 0.25) is 11.8 Å². The van der Waals surface area contributed by atoms with Crippen molar-refractivity contribution in [2.75, 3.05) is 6.54 Å². The molecule has 1 saturated heterocycles. The number of nitrogens with zero attached hydrogens (tertiary/aromatic N) is 1. The summed E-state index contributed by atoms with van der Waals surface area (Å²) in [5.74, 6) is -0.501. The van der Waals surface area contributed by atoms with Crippen LogP contribution in [0.1, 0.15) is 19.8 Å². The monoisotopic (exact) mass is 159 g/mol. The summed E-state index contributed by atoms with van der Waals surface area (Å²) in [6.45, 7) is 1.25. The molecular weight excluding hydrogens is 149 g/mol. The Balaban J connectivity index is 2.55. The number of hydrogen-bond acceptors (Lipinski definition) is 2. The summed E-state index contributed by atoms with van der Waals surface area (Å²) in [5, 5.41) is 0. The highest BCUT2D eigenvalue weighted by molar-refractivity contribution is 6.01. The summed E-state index contributed by atoms with van der Waals surface area (Å²) < 4.78 is 12.4. The molecule has 1 unspecified atom stereocenters. The first-order valence-electron chi connectivity index (χ1n) is 3.58. The Morgan fingerprint density at radius 3 is 2.27 bits per heavy atom. The van der Waals surface area contributed by atoms with Gasteiger partial charge in [0.1, 0.15) is 6.17 Å². The van der Waals surface area contributed by atoms with E-state index in [1.54, 1.807) is 0 Å². The van der Waals surface area contributed by atoms with Gasteiger partial charge in [0.15, 0.2) is 0 Å². The van der Waals surface area contributed by atoms with Crippen molar-refractivity contribution in [1.29, 1.82) is 0 Å². The van der Waals surface area contributed by atoms with Crippen molar-refractivity contribution in [2.45, 2.75) is 25.9 Å². The maximum atomic E-state index is 12.4. The van der Waals surface area contributed by atoms with E-state index >= 15 is 0 Å². The minimum absolute atomic E-state index is 0.0856. The third kappa shape index (κ3) is 1.76. The molecule has 0 bridgehead atoms. The van der Waals surface area contributed by atoms with E-state index in [1.807, 2.05) is 0 Å². The summed E-state index contributed by atoms with van der Waals surface area (Å²) in [6, 6.07) is 0. The molecule has 0 spiro atoms. The standard InChI is InChI=1S/C7H10FNO2/c1-5(8)4-9-6(10)2-3-7(9)11/h5H,2-4H2,1H3. The van der Waals surface area contributed by atoms with Gasteiger partial charge in [-0.3, -0.25) is 14.5 Å². The molecular formula is C7H10FNO2. The highest BCUT2D eigenvalue weighted by atomic mass is 19.1. The van der Waals surface area contributed by atoms with Gasteiger partial charge in [0.25, 0.3) is 0 Å². The predicted molar refractivity (Wildman–Crippen MR) is 36.5 cm³/mol. The second kappa shape index (κ2) is 2.98. The van der Waals surface area contributed by atoms with Crippen molar-refractivity contribution < 1.29 is 14.0 Å². The minimum atomic E-state index is -1.12. The van der Waals surface area contributed by atoms with Crippen molar-refractivity contribution in [3.8, 4) is 0 Å². The number of carbonyl (C=O) groups is 2. The first kappa shape index (κ1) is 8.17. The molecule has 1 heterocycles. The fourth-order valence-electron chi connectivity index (χ4n) is 1.08. The molecule has 0 aliphatic carbocycles. The molecule has 1 aliphatic rings. The Kier molecular flexibility index (Phi) is 2.22. The van der Waals surface area contributed by atoms with E-state index in [4.69, 9.17) is 0 Å². The third-order valence-electron chi connectivity index (χ3n) is 1.59. The lowest BCUT2D eigenvalue weighted by molar-refractivity contribution is -0.139. The molecule has 2 amide bonds. The molecule has 0 N–H and O–H groups in total. The van der Waals surface area contributed by atoms with E-state index in [1.165, 1.54) is 6.92 Å². The van der Waals surface area contributed by atoms with Gasteiger partial charge in [0, 0.05) is 12.8 Å². The minimum Gasteiger partial charge on any atom is -0.280 e. The van der Waals surface area contributed by atoms with Gasteiger partial charge in [-0.1, -0.05) is 0 Å². The molecule has 1 aliphatic heterocycles. The number of halogens is 1. The summed E-state index contributed by atoms with van der Waals surface area (Å²) >= 11 is 0. The Bertz CT molecular complexity index is 175. The smallest absolute Gasteiger partial charge is 0.229 e. The van der Waals surface area contributed by atoms with Gasteiger partial charge < -0.3 is 0 Å². The van der Waals surface area contributed by atoms with Crippen LogP contribution >= 0.6 is 0 Å². The number of likely N-dealkylation sites (tertiary alicyclic amines) is 1. The molecule has 3 nitrogen and oxygen atoms in total. The van der Waals surface area contributed by atoms with E-state index < -0.39 is 6.17 Å². The van der Waals surface area contributed by atoms with Crippen LogP contribution in [0.3, 0.4) is 0 Å². The van der Waals surface area contributed by atoms with Crippen LogP contribution in [-0.4, -0.2) is 29.4 Å². The van der Waals surface area contributed by atoms with Gasteiger partial charge in [0.05, 0.1) is 6.54 Å². The Morgan fingerprint density at radius 2 is 1.91 bits per heavy atom. The highest BCUT2D eigenvalue weighted by Crippen LogP contribution is 2.12. The lowest BCUT2D eigenvalue weighted by atomic mass is 10.4. The van der Waals surface area contributed by atoms with E-state index in [0.29, 0.717) is 0 Å². The normalized spacial score (nSPS) is 21.1. The van der Waals surface area contributed by atoms with Gasteiger partial charge in [-0.05, 0) is 6.92 Å². The van der Waals surface area contributed by atoms with Gasteiger partial charge in [-0.2, -0.15) is 0 Å². The van der Waals surface area contributed by atoms with Gasteiger partial charge in [-0.25, -0.2) is 4.39 Å². The van der Waals surface area contributed by atoms with E-state index in [0.717, 1.165) is 4.90 Å². The van der Waals surface area contributed by atoms with Crippen molar-refractivity contribution in [2.24, 2.45) is 0 Å². The average molecular weight is 159 g/mol. The first-order chi connectivity index (χ1) is 5.11. The Morgan fingerprint density at radius 1 is 1.45 bits per heavy atom. The first-order valence-corrected chi connectivity index (χ1v) is 3.58. The second-order valence-electron chi connectivity index (χ2n) is 2.68. The second-order valence-corrected chi connectivity index (χ2v) is 2.68. The molecule has 11 heavy (non-hydrogen) atoms. The predicted octanol–water partition coefficient (Wildman–Crippen LogP) is 0.493. The molecule has 1 rings (SSSR count). The van der Waals surface area contributed by atoms with Crippen LogP contribution in [0.25, 0.3) is 0 Å². The number of amides is 2. The largest absolute Gasteiger partial charge is 0.280 e. The SMILES string of the molecule is CC(F)CN1C(=O)CCC1=O. The van der Waals surface area contributed by atoms with Crippen LogP contribution in [0.4, 0.5) is 4.39 Å². The zero-order valence-electron chi connectivity index (χ0n) is 6.34. The molecule has 0 saturated carbocycles. The lowest BCUT2D eigenvalue weighted by Gasteiger charge is -2.13. The number of hydrogen-bond donors (Lipinski definition) is 0. The zero-order chi connectivity index (χ0) is 8.43. The topological polar surface area (TPSA) is 37.4 Å². The van der Waals surface area contributed by atoms with Crippen LogP contribution in [0.15, 0.2) is 0 Å². The lowest BCUT2D eigenvalue weighted by Crippen LogP contribution is -2.33. The third-order valence-corrected chi connectivity index (χ3v) is 1.59.